The second kappa shape index (κ2) is 11.3. The summed E-state index contributed by atoms with van der Waals surface area (Å²) in [4.78, 5) is 13.0. The molecule has 0 aliphatic rings. The van der Waals surface area contributed by atoms with Crippen LogP contribution in [0.2, 0.25) is 15.1 Å². The third kappa shape index (κ3) is 6.47. The molecule has 11 heteroatoms. The molecule has 4 rings (SSSR count). The number of rotatable bonds is 8. The number of sulfonamides is 1. The minimum Gasteiger partial charge on any atom is -0.497 e. The van der Waals surface area contributed by atoms with Gasteiger partial charge in [-0.2, -0.15) is 0 Å². The van der Waals surface area contributed by atoms with Gasteiger partial charge in [0.1, 0.15) is 17.2 Å². The van der Waals surface area contributed by atoms with Crippen molar-refractivity contribution in [2.24, 2.45) is 0 Å². The molecule has 0 saturated heterocycles. The van der Waals surface area contributed by atoms with Gasteiger partial charge in [0.2, 0.25) is 0 Å². The maximum absolute atomic E-state index is 13.1. The number of halogens is 3. The molecule has 4 aromatic carbocycles. The van der Waals surface area contributed by atoms with E-state index in [9.17, 15) is 13.2 Å². The SMILES string of the molecule is COc1ccc(Cl)c(NC(=O)c2cc(Cl)ccc2NS(=O)(=O)c2ccc(Oc3ccccc3Cl)cc2)c1. The van der Waals surface area contributed by atoms with E-state index in [1.165, 1.54) is 49.6 Å². The average molecular weight is 578 g/mol. The first-order chi connectivity index (χ1) is 17.7. The van der Waals surface area contributed by atoms with E-state index in [0.717, 1.165) is 0 Å². The van der Waals surface area contributed by atoms with E-state index in [4.69, 9.17) is 44.3 Å². The summed E-state index contributed by atoms with van der Waals surface area (Å²) < 4.78 is 39.5. The molecule has 0 fully saturated rings. The first kappa shape index (κ1) is 26.6. The van der Waals surface area contributed by atoms with Crippen LogP contribution in [0.4, 0.5) is 11.4 Å². The number of carbonyl (C=O) groups is 1. The third-order valence-corrected chi connectivity index (χ3v) is 7.35. The Labute approximate surface area is 228 Å². The van der Waals surface area contributed by atoms with Crippen LogP contribution < -0.4 is 19.5 Å². The van der Waals surface area contributed by atoms with Crippen LogP contribution in [0.15, 0.2) is 89.8 Å². The fourth-order valence-electron chi connectivity index (χ4n) is 3.26. The minimum absolute atomic E-state index is 0.00589. The predicted octanol–water partition coefficient (Wildman–Crippen LogP) is 7.50. The Kier molecular flexibility index (Phi) is 8.14. The smallest absolute Gasteiger partial charge is 0.261 e. The number of hydrogen-bond donors (Lipinski definition) is 2. The maximum atomic E-state index is 13.1. The number of ether oxygens (including phenoxy) is 2. The molecule has 0 aliphatic heterocycles. The summed E-state index contributed by atoms with van der Waals surface area (Å²) in [5, 5.41) is 3.60. The van der Waals surface area contributed by atoms with Gasteiger partial charge in [0.25, 0.3) is 15.9 Å². The van der Waals surface area contributed by atoms with Crippen LogP contribution in [-0.2, 0) is 10.0 Å². The van der Waals surface area contributed by atoms with E-state index in [2.05, 4.69) is 10.0 Å². The molecule has 0 radical (unpaired) electrons. The number of methoxy groups -OCH3 is 1. The molecular weight excluding hydrogens is 559 g/mol. The lowest BCUT2D eigenvalue weighted by atomic mass is 10.1. The third-order valence-electron chi connectivity index (χ3n) is 5.09. The zero-order valence-electron chi connectivity index (χ0n) is 19.2. The topological polar surface area (TPSA) is 93.7 Å². The molecule has 0 heterocycles. The molecule has 0 saturated carbocycles. The first-order valence-electron chi connectivity index (χ1n) is 10.7. The number of para-hydroxylation sites is 1. The van der Waals surface area contributed by atoms with Crippen molar-refractivity contribution in [2.45, 2.75) is 4.90 Å². The summed E-state index contributed by atoms with van der Waals surface area (Å²) in [6.07, 6.45) is 0. The molecule has 0 atom stereocenters. The lowest BCUT2D eigenvalue weighted by molar-refractivity contribution is 0.102. The molecule has 1 amide bonds. The quantitative estimate of drug-likeness (QED) is 0.226. The Balaban J connectivity index is 1.56. The molecule has 0 bridgehead atoms. The molecule has 0 spiro atoms. The molecule has 0 unspecified atom stereocenters. The highest BCUT2D eigenvalue weighted by molar-refractivity contribution is 7.92. The molecular formula is C26H19Cl3N2O5S. The molecule has 2 N–H and O–H groups in total. The summed E-state index contributed by atoms with van der Waals surface area (Å²) in [7, 11) is -2.59. The van der Waals surface area contributed by atoms with Crippen molar-refractivity contribution in [3.8, 4) is 17.2 Å². The second-order valence-corrected chi connectivity index (χ2v) is 10.5. The molecule has 37 heavy (non-hydrogen) atoms. The standard InChI is InChI=1S/C26H19Cl3N2O5S/c1-35-18-9-12-21(28)24(15-18)30-26(32)20-14-16(27)6-13-23(20)31-37(33,34)19-10-7-17(8-11-19)36-25-5-3-2-4-22(25)29/h2-15,31H,1H3,(H,30,32). The van der Waals surface area contributed by atoms with Gasteiger partial charge in [-0.1, -0.05) is 46.9 Å². The molecule has 0 aliphatic carbocycles. The highest BCUT2D eigenvalue weighted by Gasteiger charge is 2.20. The zero-order valence-corrected chi connectivity index (χ0v) is 22.3. The first-order valence-corrected chi connectivity index (χ1v) is 13.3. The average Bonchev–Trinajstić information content (AvgIpc) is 2.88. The van der Waals surface area contributed by atoms with E-state index in [-0.39, 0.29) is 31.9 Å². The Morgan fingerprint density at radius 2 is 1.49 bits per heavy atom. The zero-order chi connectivity index (χ0) is 26.6. The second-order valence-electron chi connectivity index (χ2n) is 7.60. The molecule has 7 nitrogen and oxygen atoms in total. The molecule has 0 aromatic heterocycles. The van der Waals surface area contributed by atoms with Gasteiger partial charge in [-0.15, -0.1) is 0 Å². The number of hydrogen-bond acceptors (Lipinski definition) is 5. The van der Waals surface area contributed by atoms with Crippen LogP contribution in [0.5, 0.6) is 17.2 Å². The van der Waals surface area contributed by atoms with E-state index in [1.807, 2.05) is 0 Å². The van der Waals surface area contributed by atoms with E-state index >= 15 is 0 Å². The van der Waals surface area contributed by atoms with Crippen molar-refractivity contribution < 1.29 is 22.7 Å². The summed E-state index contributed by atoms with van der Waals surface area (Å²) >= 11 is 18.4. The largest absolute Gasteiger partial charge is 0.497 e. The lowest BCUT2D eigenvalue weighted by Gasteiger charge is -2.15. The molecule has 190 valence electrons. The van der Waals surface area contributed by atoms with Crippen molar-refractivity contribution in [2.75, 3.05) is 17.1 Å². The Hall–Kier alpha value is -3.43. The number of anilines is 2. The highest BCUT2D eigenvalue weighted by atomic mass is 35.5. The van der Waals surface area contributed by atoms with Crippen LogP contribution in [0.3, 0.4) is 0 Å². The predicted molar refractivity (Wildman–Crippen MR) is 146 cm³/mol. The van der Waals surface area contributed by atoms with Gasteiger partial charge >= 0.3 is 0 Å². The summed E-state index contributed by atoms with van der Waals surface area (Å²) in [6.45, 7) is 0. The van der Waals surface area contributed by atoms with Gasteiger partial charge in [0.05, 0.1) is 39.0 Å². The van der Waals surface area contributed by atoms with Crippen molar-refractivity contribution in [1.29, 1.82) is 0 Å². The van der Waals surface area contributed by atoms with E-state index in [1.54, 1.807) is 42.5 Å². The normalized spacial score (nSPS) is 11.0. The monoisotopic (exact) mass is 576 g/mol. The van der Waals surface area contributed by atoms with Gasteiger partial charge in [-0.05, 0) is 66.7 Å². The van der Waals surface area contributed by atoms with Crippen LogP contribution >= 0.6 is 34.8 Å². The van der Waals surface area contributed by atoms with Crippen molar-refractivity contribution >= 4 is 62.1 Å². The lowest BCUT2D eigenvalue weighted by Crippen LogP contribution is -2.19. The van der Waals surface area contributed by atoms with Crippen LogP contribution in [0.25, 0.3) is 0 Å². The summed E-state index contributed by atoms with van der Waals surface area (Å²) in [5.41, 5.74) is 0.305. The van der Waals surface area contributed by atoms with Gasteiger partial charge in [0, 0.05) is 11.1 Å². The summed E-state index contributed by atoms with van der Waals surface area (Å²) in [6, 6.07) is 21.6. The Morgan fingerprint density at radius 3 is 2.19 bits per heavy atom. The van der Waals surface area contributed by atoms with Gasteiger partial charge in [0.15, 0.2) is 0 Å². The highest BCUT2D eigenvalue weighted by Crippen LogP contribution is 2.31. The number of nitrogens with one attached hydrogen (secondary N) is 2. The summed E-state index contributed by atoms with van der Waals surface area (Å²) in [5.74, 6) is 0.687. The van der Waals surface area contributed by atoms with Crippen LogP contribution in [0.1, 0.15) is 10.4 Å². The van der Waals surface area contributed by atoms with Crippen molar-refractivity contribution in [1.82, 2.24) is 0 Å². The Bertz CT molecular complexity index is 1560. The maximum Gasteiger partial charge on any atom is 0.261 e. The molecule has 4 aromatic rings. The van der Waals surface area contributed by atoms with Gasteiger partial charge < -0.3 is 14.8 Å². The van der Waals surface area contributed by atoms with Gasteiger partial charge in [-0.3, -0.25) is 9.52 Å². The van der Waals surface area contributed by atoms with Crippen molar-refractivity contribution in [3.63, 3.8) is 0 Å². The number of benzene rings is 4. The fourth-order valence-corrected chi connectivity index (χ4v) is 4.85. The minimum atomic E-state index is -4.07. The fraction of sp³-hybridized carbons (Fsp3) is 0.0385. The van der Waals surface area contributed by atoms with Crippen LogP contribution in [0, 0.1) is 0 Å². The van der Waals surface area contributed by atoms with Crippen LogP contribution in [-0.4, -0.2) is 21.4 Å². The van der Waals surface area contributed by atoms with E-state index < -0.39 is 15.9 Å². The number of carbonyl (C=O) groups excluding carboxylic acids is 1. The van der Waals surface area contributed by atoms with Crippen molar-refractivity contribution in [3.05, 3.63) is 106 Å². The Morgan fingerprint density at radius 1 is 0.784 bits per heavy atom. The van der Waals surface area contributed by atoms with Gasteiger partial charge in [-0.25, -0.2) is 8.42 Å². The van der Waals surface area contributed by atoms with E-state index in [0.29, 0.717) is 22.3 Å². The number of amides is 1.